The number of rotatable bonds is 4. The number of piperazine rings is 1. The van der Waals surface area contributed by atoms with E-state index in [0.29, 0.717) is 38.3 Å². The Balaban J connectivity index is 0.00000338. The molecule has 158 valence electrons. The molecule has 0 amide bonds. The summed E-state index contributed by atoms with van der Waals surface area (Å²) >= 11 is 5.57. The molecule has 1 aliphatic rings. The molecule has 12 heteroatoms. The summed E-state index contributed by atoms with van der Waals surface area (Å²) in [6, 6.07) is -0.132. The van der Waals surface area contributed by atoms with Crippen molar-refractivity contribution in [2.24, 2.45) is 0 Å². The van der Waals surface area contributed by atoms with Crippen LogP contribution in [0.3, 0.4) is 0 Å². The molecule has 2 rings (SSSR count). The van der Waals surface area contributed by atoms with Crippen molar-refractivity contribution in [3.63, 3.8) is 0 Å². The maximum Gasteiger partial charge on any atom is 0.416 e. The van der Waals surface area contributed by atoms with Crippen LogP contribution in [0.5, 0.6) is 0 Å². The first-order chi connectivity index (χ1) is 11.5. The van der Waals surface area contributed by atoms with Gasteiger partial charge in [0, 0.05) is 44.2 Å². The van der Waals surface area contributed by atoms with Crippen molar-refractivity contribution < 1.29 is 30.7 Å². The third-order valence-corrected chi connectivity index (χ3v) is 4.31. The monoisotopic (exact) mass is 464 g/mol. The van der Waals surface area contributed by atoms with Crippen LogP contribution in [0, 0.1) is 5.82 Å². The van der Waals surface area contributed by atoms with Gasteiger partial charge in [0.25, 0.3) is 0 Å². The Morgan fingerprint density at radius 2 is 1.59 bits per heavy atom. The number of benzene rings is 1. The van der Waals surface area contributed by atoms with E-state index in [1.165, 1.54) is 0 Å². The normalized spacial score (nSPS) is 17.0. The van der Waals surface area contributed by atoms with Crippen molar-refractivity contribution in [2.45, 2.75) is 31.2 Å². The largest absolute Gasteiger partial charge is 0.416 e. The number of halogens is 10. The molecule has 0 aliphatic carbocycles. The topological polar surface area (TPSA) is 15.3 Å². The lowest BCUT2D eigenvalue weighted by Gasteiger charge is -2.36. The predicted molar refractivity (Wildman–Crippen MR) is 93.4 cm³/mol. The Kier molecular flexibility index (Phi) is 10.2. The summed E-state index contributed by atoms with van der Waals surface area (Å²) in [5, 5.41) is 2.24. The summed E-state index contributed by atoms with van der Waals surface area (Å²) in [6.07, 6.45) is -11.0. The zero-order valence-electron chi connectivity index (χ0n) is 13.8. The lowest BCUT2D eigenvalue weighted by atomic mass is 9.96. The first kappa shape index (κ1) is 26.5. The smallest absolute Gasteiger partial charge is 0.314 e. The van der Waals surface area contributed by atoms with Gasteiger partial charge >= 0.3 is 12.4 Å². The second kappa shape index (κ2) is 10.3. The average molecular weight is 466 g/mol. The molecule has 1 aromatic rings. The SMILES string of the molecule is Cl.Cl.Fc1c(Cl)cc(C(F)(F)F)cc1[C@@H](CCC(F)(F)F)N1CCNCC1. The maximum atomic E-state index is 14.4. The van der Waals surface area contributed by atoms with Gasteiger partial charge in [0.1, 0.15) is 5.82 Å². The molecule has 0 bridgehead atoms. The van der Waals surface area contributed by atoms with Gasteiger partial charge in [-0.25, -0.2) is 4.39 Å². The van der Waals surface area contributed by atoms with Crippen molar-refractivity contribution in [2.75, 3.05) is 26.2 Å². The molecule has 1 aliphatic heterocycles. The zero-order valence-corrected chi connectivity index (χ0v) is 16.2. The molecular formula is C15H18Cl3F7N2. The Morgan fingerprint density at radius 1 is 1.04 bits per heavy atom. The summed E-state index contributed by atoms with van der Waals surface area (Å²) in [5.74, 6) is -1.11. The molecule has 1 heterocycles. The Bertz CT molecular complexity index is 602. The maximum absolute atomic E-state index is 14.4. The van der Waals surface area contributed by atoms with Crippen LogP contribution < -0.4 is 5.32 Å². The second-order valence-corrected chi connectivity index (χ2v) is 6.22. The lowest BCUT2D eigenvalue weighted by Crippen LogP contribution is -2.45. The van der Waals surface area contributed by atoms with Gasteiger partial charge in [0.05, 0.1) is 10.6 Å². The fourth-order valence-corrected chi connectivity index (χ4v) is 3.07. The van der Waals surface area contributed by atoms with E-state index in [9.17, 15) is 30.7 Å². The van der Waals surface area contributed by atoms with Gasteiger partial charge < -0.3 is 5.32 Å². The highest BCUT2D eigenvalue weighted by Gasteiger charge is 2.36. The van der Waals surface area contributed by atoms with Gasteiger partial charge in [-0.1, -0.05) is 11.6 Å². The minimum Gasteiger partial charge on any atom is -0.314 e. The van der Waals surface area contributed by atoms with E-state index in [4.69, 9.17) is 11.6 Å². The van der Waals surface area contributed by atoms with Crippen LogP contribution in [0.1, 0.15) is 30.0 Å². The van der Waals surface area contributed by atoms with Crippen molar-refractivity contribution >= 4 is 36.4 Å². The summed E-state index contributed by atoms with van der Waals surface area (Å²) in [4.78, 5) is 1.55. The number of nitrogens with zero attached hydrogens (tertiary/aromatic N) is 1. The van der Waals surface area contributed by atoms with Crippen molar-refractivity contribution in [1.82, 2.24) is 10.2 Å². The summed E-state index contributed by atoms with van der Waals surface area (Å²) in [6.45, 7) is 1.51. The molecule has 2 nitrogen and oxygen atoms in total. The highest BCUT2D eigenvalue weighted by Crippen LogP contribution is 2.39. The minimum atomic E-state index is -4.77. The van der Waals surface area contributed by atoms with Gasteiger partial charge in [-0.3, -0.25) is 4.90 Å². The van der Waals surface area contributed by atoms with Gasteiger partial charge in [0.2, 0.25) is 0 Å². The molecule has 27 heavy (non-hydrogen) atoms. The van der Waals surface area contributed by atoms with Crippen LogP contribution in [0.15, 0.2) is 12.1 Å². The number of nitrogens with one attached hydrogen (secondary N) is 1. The fraction of sp³-hybridized carbons (Fsp3) is 0.600. The summed E-state index contributed by atoms with van der Waals surface area (Å²) in [5.41, 5.74) is -1.63. The van der Waals surface area contributed by atoms with Crippen LogP contribution >= 0.6 is 36.4 Å². The third kappa shape index (κ3) is 7.45. The van der Waals surface area contributed by atoms with E-state index in [0.717, 1.165) is 0 Å². The number of hydrogen-bond acceptors (Lipinski definition) is 2. The van der Waals surface area contributed by atoms with E-state index < -0.39 is 53.2 Å². The Labute approximate surface area is 169 Å². The van der Waals surface area contributed by atoms with Gasteiger partial charge in [-0.15, -0.1) is 24.8 Å². The van der Waals surface area contributed by atoms with Crippen LogP contribution in [0.25, 0.3) is 0 Å². The van der Waals surface area contributed by atoms with Crippen LogP contribution in [-0.2, 0) is 6.18 Å². The third-order valence-electron chi connectivity index (χ3n) is 4.04. The molecule has 1 atom stereocenters. The van der Waals surface area contributed by atoms with E-state index in [-0.39, 0.29) is 24.8 Å². The van der Waals surface area contributed by atoms with E-state index in [1.807, 2.05) is 0 Å². The molecule has 1 aromatic carbocycles. The summed E-state index contributed by atoms with van der Waals surface area (Å²) < 4.78 is 91.1. The van der Waals surface area contributed by atoms with Crippen LogP contribution in [-0.4, -0.2) is 37.3 Å². The number of hydrogen-bond donors (Lipinski definition) is 1. The highest BCUT2D eigenvalue weighted by molar-refractivity contribution is 6.30. The summed E-state index contributed by atoms with van der Waals surface area (Å²) in [7, 11) is 0. The van der Waals surface area contributed by atoms with Crippen LogP contribution in [0.4, 0.5) is 30.7 Å². The zero-order chi connectivity index (χ0) is 18.8. The quantitative estimate of drug-likeness (QED) is 0.580. The molecule has 1 fully saturated rings. The predicted octanol–water partition coefficient (Wildman–Crippen LogP) is 5.63. The average Bonchev–Trinajstić information content (AvgIpc) is 2.50. The van der Waals surface area contributed by atoms with Crippen molar-refractivity contribution in [3.8, 4) is 0 Å². The van der Waals surface area contributed by atoms with E-state index in [1.54, 1.807) is 4.90 Å². The molecule has 0 aromatic heterocycles. The second-order valence-electron chi connectivity index (χ2n) is 5.81. The number of alkyl halides is 6. The minimum absolute atomic E-state index is 0. The molecule has 0 unspecified atom stereocenters. The van der Waals surface area contributed by atoms with Crippen LogP contribution in [0.2, 0.25) is 5.02 Å². The van der Waals surface area contributed by atoms with Crippen molar-refractivity contribution in [3.05, 3.63) is 34.1 Å². The van der Waals surface area contributed by atoms with Crippen molar-refractivity contribution in [1.29, 1.82) is 0 Å². The van der Waals surface area contributed by atoms with Gasteiger partial charge in [-0.2, -0.15) is 26.3 Å². The molecule has 0 spiro atoms. The molecule has 1 saturated heterocycles. The Morgan fingerprint density at radius 3 is 2.07 bits per heavy atom. The first-order valence-corrected chi connectivity index (χ1v) is 7.94. The van der Waals surface area contributed by atoms with E-state index >= 15 is 0 Å². The Hall–Kier alpha value is -0.480. The standard InChI is InChI=1S/C15H16ClF7N2.2ClH/c16-11-8-9(15(21,22)23)7-10(13(11)17)12(1-2-14(18,19)20)25-5-3-24-4-6-25;;/h7-8,12,24H,1-6H2;2*1H/t12-;;/m1../s1. The highest BCUT2D eigenvalue weighted by atomic mass is 35.5. The van der Waals surface area contributed by atoms with Gasteiger partial charge in [0.15, 0.2) is 0 Å². The molecule has 1 N–H and O–H groups in total. The fourth-order valence-electron chi connectivity index (χ4n) is 2.85. The molecule has 0 radical (unpaired) electrons. The van der Waals surface area contributed by atoms with E-state index in [2.05, 4.69) is 5.32 Å². The first-order valence-electron chi connectivity index (χ1n) is 7.56. The lowest BCUT2D eigenvalue weighted by molar-refractivity contribution is -0.140. The molecular weight excluding hydrogens is 448 g/mol. The van der Waals surface area contributed by atoms with Gasteiger partial charge in [-0.05, 0) is 18.6 Å². The molecule has 0 saturated carbocycles.